The molecule has 2 atom stereocenters. The van der Waals surface area contributed by atoms with Gasteiger partial charge in [-0.2, -0.15) is 4.98 Å². The van der Waals surface area contributed by atoms with Crippen molar-refractivity contribution in [1.82, 2.24) is 20.1 Å². The first-order valence-corrected chi connectivity index (χ1v) is 9.19. The predicted molar refractivity (Wildman–Crippen MR) is 101 cm³/mol. The number of nitrogens with two attached hydrogens (primary N) is 1. The molecule has 0 saturated carbocycles. The average Bonchev–Trinajstić information content (AvgIpc) is 3.00. The first-order chi connectivity index (χ1) is 11.5. The molecule has 0 spiro atoms. The third-order valence-electron chi connectivity index (χ3n) is 4.87. The zero-order valence-corrected chi connectivity index (χ0v) is 15.8. The van der Waals surface area contributed by atoms with Crippen LogP contribution >= 0.6 is 15.9 Å². The molecular weight excluding hydrogens is 368 g/mol. The number of benzene rings is 1. The van der Waals surface area contributed by atoms with E-state index in [2.05, 4.69) is 79.1 Å². The Balaban J connectivity index is 1.52. The average molecular weight is 393 g/mol. The number of aromatic amines is 1. The zero-order valence-electron chi connectivity index (χ0n) is 14.2. The van der Waals surface area contributed by atoms with Gasteiger partial charge in [0, 0.05) is 30.1 Å². The number of nitrogen functional groups attached to an aromatic ring is 1. The normalized spacial score (nSPS) is 21.4. The lowest BCUT2D eigenvalue weighted by molar-refractivity contribution is 0.160. The van der Waals surface area contributed by atoms with Crippen LogP contribution in [0.15, 0.2) is 28.7 Å². The third-order valence-corrected chi connectivity index (χ3v) is 5.40. The minimum atomic E-state index is 0.381. The molecule has 2 heterocycles. The first-order valence-electron chi connectivity index (χ1n) is 8.40. The van der Waals surface area contributed by atoms with Gasteiger partial charge in [0.15, 0.2) is 0 Å². The molecule has 24 heavy (non-hydrogen) atoms. The second kappa shape index (κ2) is 7.53. The van der Waals surface area contributed by atoms with Crippen molar-refractivity contribution in [3.8, 4) is 0 Å². The van der Waals surface area contributed by atoms with Crippen LogP contribution in [0.25, 0.3) is 0 Å². The Bertz CT molecular complexity index is 655. The van der Waals surface area contributed by atoms with E-state index in [1.807, 2.05) is 0 Å². The lowest BCUT2D eigenvalue weighted by Gasteiger charge is -2.41. The van der Waals surface area contributed by atoms with E-state index in [4.69, 9.17) is 5.73 Å². The number of H-pyrrole nitrogens is 1. The van der Waals surface area contributed by atoms with Gasteiger partial charge in [-0.05, 0) is 43.5 Å². The Hall–Kier alpha value is -1.60. The number of likely N-dealkylation sites (N-methyl/N-ethyl adjacent to an activating group) is 1. The summed E-state index contributed by atoms with van der Waals surface area (Å²) in [6.45, 7) is 5.31. The van der Waals surface area contributed by atoms with E-state index in [1.165, 1.54) is 5.56 Å². The van der Waals surface area contributed by atoms with Crippen LogP contribution in [-0.4, -0.2) is 52.8 Å². The van der Waals surface area contributed by atoms with Crippen molar-refractivity contribution in [2.75, 3.05) is 37.3 Å². The van der Waals surface area contributed by atoms with Crippen LogP contribution in [0.1, 0.15) is 18.9 Å². The number of anilines is 2. The fraction of sp³-hybridized carbons (Fsp3) is 0.529. The largest absolute Gasteiger partial charge is 0.368 e. The van der Waals surface area contributed by atoms with Crippen molar-refractivity contribution < 1.29 is 0 Å². The Morgan fingerprint density at radius 3 is 2.75 bits per heavy atom. The highest BCUT2D eigenvalue weighted by atomic mass is 79.9. The van der Waals surface area contributed by atoms with Crippen LogP contribution in [0, 0.1) is 5.92 Å². The molecule has 1 aromatic heterocycles. The SMILES string of the molecule is CC1CN(c2n[nH]c(N)n2)CCC1N(C)CCc1ccc(Br)cc1. The number of rotatable bonds is 5. The molecule has 0 amide bonds. The third kappa shape index (κ3) is 4.08. The van der Waals surface area contributed by atoms with Crippen molar-refractivity contribution in [3.63, 3.8) is 0 Å². The molecular formula is C17H25BrN6. The van der Waals surface area contributed by atoms with Gasteiger partial charge >= 0.3 is 0 Å². The minimum absolute atomic E-state index is 0.381. The van der Waals surface area contributed by atoms with E-state index in [9.17, 15) is 0 Å². The predicted octanol–water partition coefficient (Wildman–Crippen LogP) is 2.54. The molecule has 0 bridgehead atoms. The number of piperidine rings is 1. The number of aromatic nitrogens is 3. The highest BCUT2D eigenvalue weighted by Gasteiger charge is 2.30. The van der Waals surface area contributed by atoms with Crippen molar-refractivity contribution in [2.24, 2.45) is 5.92 Å². The molecule has 3 N–H and O–H groups in total. The highest BCUT2D eigenvalue weighted by molar-refractivity contribution is 9.10. The summed E-state index contributed by atoms with van der Waals surface area (Å²) in [4.78, 5) is 8.96. The Morgan fingerprint density at radius 2 is 2.12 bits per heavy atom. The van der Waals surface area contributed by atoms with Gasteiger partial charge in [0.2, 0.25) is 11.9 Å². The molecule has 1 aromatic carbocycles. The second-order valence-electron chi connectivity index (χ2n) is 6.66. The van der Waals surface area contributed by atoms with E-state index >= 15 is 0 Å². The van der Waals surface area contributed by atoms with Crippen LogP contribution in [0.3, 0.4) is 0 Å². The van der Waals surface area contributed by atoms with Crippen molar-refractivity contribution >= 4 is 27.8 Å². The summed E-state index contributed by atoms with van der Waals surface area (Å²) in [5, 5.41) is 6.89. The summed E-state index contributed by atoms with van der Waals surface area (Å²) in [6, 6.07) is 9.20. The maximum Gasteiger partial charge on any atom is 0.246 e. The second-order valence-corrected chi connectivity index (χ2v) is 7.57. The Morgan fingerprint density at radius 1 is 1.38 bits per heavy atom. The number of hydrogen-bond acceptors (Lipinski definition) is 5. The molecule has 1 aliphatic rings. The molecule has 2 unspecified atom stereocenters. The molecule has 1 fully saturated rings. The summed E-state index contributed by atoms with van der Waals surface area (Å²) in [5.41, 5.74) is 7.01. The summed E-state index contributed by atoms with van der Waals surface area (Å²) in [7, 11) is 2.24. The first kappa shape index (κ1) is 17.2. The number of hydrogen-bond donors (Lipinski definition) is 2. The lowest BCUT2D eigenvalue weighted by Crippen LogP contribution is -2.49. The molecule has 7 heteroatoms. The topological polar surface area (TPSA) is 74.1 Å². The molecule has 0 aliphatic carbocycles. The van der Waals surface area contributed by atoms with Gasteiger partial charge in [-0.15, -0.1) is 5.10 Å². The van der Waals surface area contributed by atoms with E-state index in [0.29, 0.717) is 17.9 Å². The van der Waals surface area contributed by atoms with Gasteiger partial charge in [-0.25, -0.2) is 5.10 Å². The summed E-state index contributed by atoms with van der Waals surface area (Å²) >= 11 is 3.49. The van der Waals surface area contributed by atoms with E-state index < -0.39 is 0 Å². The quantitative estimate of drug-likeness (QED) is 0.817. The van der Waals surface area contributed by atoms with E-state index in [1.54, 1.807) is 0 Å². The number of nitrogens with one attached hydrogen (secondary N) is 1. The minimum Gasteiger partial charge on any atom is -0.368 e. The summed E-state index contributed by atoms with van der Waals surface area (Å²) in [6.07, 6.45) is 2.20. The van der Waals surface area contributed by atoms with E-state index in [0.717, 1.165) is 42.9 Å². The van der Waals surface area contributed by atoms with Crippen LogP contribution < -0.4 is 10.6 Å². The highest BCUT2D eigenvalue weighted by Crippen LogP contribution is 2.24. The van der Waals surface area contributed by atoms with Crippen molar-refractivity contribution in [3.05, 3.63) is 34.3 Å². The van der Waals surface area contributed by atoms with Gasteiger partial charge in [-0.1, -0.05) is 35.0 Å². The molecule has 1 saturated heterocycles. The standard InChI is InChI=1S/C17H25BrN6/c1-12-11-24(17-20-16(19)21-22-17)10-8-15(12)23(2)9-7-13-3-5-14(18)6-4-13/h3-6,12,15H,7-11H2,1-2H3,(H3,19,20,21,22). The maximum absolute atomic E-state index is 5.63. The number of halogens is 1. The van der Waals surface area contributed by atoms with Crippen molar-refractivity contribution in [2.45, 2.75) is 25.8 Å². The monoisotopic (exact) mass is 392 g/mol. The zero-order chi connectivity index (χ0) is 17.1. The van der Waals surface area contributed by atoms with Gasteiger partial charge in [0.1, 0.15) is 0 Å². The molecule has 130 valence electrons. The number of nitrogens with zero attached hydrogens (tertiary/aromatic N) is 4. The fourth-order valence-electron chi connectivity index (χ4n) is 3.50. The molecule has 3 rings (SSSR count). The van der Waals surface area contributed by atoms with Crippen LogP contribution in [0.4, 0.5) is 11.9 Å². The Kier molecular flexibility index (Phi) is 5.40. The van der Waals surface area contributed by atoms with Crippen LogP contribution in [0.2, 0.25) is 0 Å². The van der Waals surface area contributed by atoms with Crippen LogP contribution in [-0.2, 0) is 6.42 Å². The maximum atomic E-state index is 5.63. The summed E-state index contributed by atoms with van der Waals surface area (Å²) < 4.78 is 1.13. The van der Waals surface area contributed by atoms with Crippen molar-refractivity contribution in [1.29, 1.82) is 0 Å². The smallest absolute Gasteiger partial charge is 0.246 e. The fourth-order valence-corrected chi connectivity index (χ4v) is 3.76. The Labute approximate surface area is 151 Å². The molecule has 1 aliphatic heterocycles. The molecule has 0 radical (unpaired) electrons. The van der Waals surface area contributed by atoms with Gasteiger partial charge in [0.25, 0.3) is 0 Å². The lowest BCUT2D eigenvalue weighted by atomic mass is 9.92. The van der Waals surface area contributed by atoms with E-state index in [-0.39, 0.29) is 0 Å². The molecule has 2 aromatic rings. The van der Waals surface area contributed by atoms with Crippen LogP contribution in [0.5, 0.6) is 0 Å². The summed E-state index contributed by atoms with van der Waals surface area (Å²) in [5.74, 6) is 1.66. The van der Waals surface area contributed by atoms with Gasteiger partial charge in [0.05, 0.1) is 0 Å². The van der Waals surface area contributed by atoms with Gasteiger partial charge in [-0.3, -0.25) is 0 Å². The van der Waals surface area contributed by atoms with Gasteiger partial charge < -0.3 is 15.5 Å². The molecule has 6 nitrogen and oxygen atoms in total.